The van der Waals surface area contributed by atoms with Gasteiger partial charge in [-0.05, 0) is 25.3 Å². The van der Waals surface area contributed by atoms with Crippen LogP contribution in [-0.4, -0.2) is 0 Å². The molecule has 3 nitrogen and oxygen atoms in total. The molecule has 0 aliphatic rings. The van der Waals surface area contributed by atoms with Crippen LogP contribution in [0.4, 0.5) is 0 Å². The van der Waals surface area contributed by atoms with Crippen molar-refractivity contribution in [1.29, 1.82) is 0 Å². The summed E-state index contributed by atoms with van der Waals surface area (Å²) in [6.45, 7) is 6.12. The highest BCUT2D eigenvalue weighted by Gasteiger charge is 1.86. The fourth-order valence-corrected chi connectivity index (χ4v) is 0.636. The standard InChI is InChI=1S/C9H15N3/c1-4-8(3)6-7-9(5-2)11-12-10/h6-7H,4-5H2,1-3H3/b8-6+,9-7+. The molecule has 0 fully saturated rings. The second-order valence-electron chi connectivity index (χ2n) is 2.57. The largest absolute Gasteiger partial charge is 0.0736 e. The number of allylic oxidation sites excluding steroid dienone is 4. The third-order valence-corrected chi connectivity index (χ3v) is 1.65. The maximum absolute atomic E-state index is 8.19. The lowest BCUT2D eigenvalue weighted by atomic mass is 10.2. The van der Waals surface area contributed by atoms with Crippen LogP contribution in [0.3, 0.4) is 0 Å². The van der Waals surface area contributed by atoms with Gasteiger partial charge in [0.2, 0.25) is 0 Å². The summed E-state index contributed by atoms with van der Waals surface area (Å²) in [5.74, 6) is 0. The zero-order valence-corrected chi connectivity index (χ0v) is 7.91. The normalized spacial score (nSPS) is 12.6. The van der Waals surface area contributed by atoms with E-state index < -0.39 is 0 Å². The van der Waals surface area contributed by atoms with Crippen molar-refractivity contribution in [2.24, 2.45) is 5.11 Å². The average Bonchev–Trinajstić information content (AvgIpc) is 2.11. The van der Waals surface area contributed by atoms with Gasteiger partial charge >= 0.3 is 0 Å². The predicted octanol–water partition coefficient (Wildman–Crippen LogP) is 3.95. The van der Waals surface area contributed by atoms with Crippen molar-refractivity contribution < 1.29 is 0 Å². The molecule has 0 aromatic carbocycles. The maximum atomic E-state index is 8.19. The van der Waals surface area contributed by atoms with Gasteiger partial charge in [0.05, 0.1) is 0 Å². The van der Waals surface area contributed by atoms with Gasteiger partial charge in [0, 0.05) is 10.6 Å². The van der Waals surface area contributed by atoms with Crippen molar-refractivity contribution >= 4 is 0 Å². The molecular formula is C9H15N3. The highest BCUT2D eigenvalue weighted by molar-refractivity contribution is 5.15. The summed E-state index contributed by atoms with van der Waals surface area (Å²) < 4.78 is 0. The molecule has 0 spiro atoms. The average molecular weight is 165 g/mol. The van der Waals surface area contributed by atoms with Crippen molar-refractivity contribution in [3.05, 3.63) is 33.9 Å². The zero-order valence-electron chi connectivity index (χ0n) is 7.91. The van der Waals surface area contributed by atoms with Gasteiger partial charge in [-0.1, -0.05) is 36.7 Å². The van der Waals surface area contributed by atoms with Gasteiger partial charge in [0.25, 0.3) is 0 Å². The van der Waals surface area contributed by atoms with E-state index in [9.17, 15) is 0 Å². The van der Waals surface area contributed by atoms with Gasteiger partial charge in [0.15, 0.2) is 0 Å². The molecule has 0 aliphatic heterocycles. The van der Waals surface area contributed by atoms with E-state index in [4.69, 9.17) is 5.53 Å². The van der Waals surface area contributed by atoms with E-state index in [-0.39, 0.29) is 0 Å². The van der Waals surface area contributed by atoms with Gasteiger partial charge in [0.1, 0.15) is 0 Å². The Morgan fingerprint density at radius 3 is 2.42 bits per heavy atom. The quantitative estimate of drug-likeness (QED) is 0.262. The third-order valence-electron chi connectivity index (χ3n) is 1.65. The summed E-state index contributed by atoms with van der Waals surface area (Å²) in [6.07, 6.45) is 5.67. The van der Waals surface area contributed by atoms with Gasteiger partial charge in [-0.3, -0.25) is 0 Å². The molecule has 0 N–H and O–H groups in total. The first kappa shape index (κ1) is 10.8. The van der Waals surface area contributed by atoms with Crippen LogP contribution >= 0.6 is 0 Å². The van der Waals surface area contributed by atoms with E-state index >= 15 is 0 Å². The van der Waals surface area contributed by atoms with Crippen LogP contribution in [0.1, 0.15) is 33.6 Å². The van der Waals surface area contributed by atoms with Crippen LogP contribution in [0.2, 0.25) is 0 Å². The van der Waals surface area contributed by atoms with Crippen molar-refractivity contribution in [3.8, 4) is 0 Å². The van der Waals surface area contributed by atoms with Crippen LogP contribution in [0.5, 0.6) is 0 Å². The number of hydrogen-bond acceptors (Lipinski definition) is 1. The lowest BCUT2D eigenvalue weighted by molar-refractivity contribution is 1.05. The molecule has 0 unspecified atom stereocenters. The van der Waals surface area contributed by atoms with Crippen LogP contribution in [0.25, 0.3) is 10.4 Å². The molecule has 0 rings (SSSR count). The topological polar surface area (TPSA) is 48.8 Å². The predicted molar refractivity (Wildman–Crippen MR) is 51.6 cm³/mol. The monoisotopic (exact) mass is 165 g/mol. The number of azide groups is 1. The molecule has 0 amide bonds. The van der Waals surface area contributed by atoms with Crippen molar-refractivity contribution in [2.45, 2.75) is 33.6 Å². The fourth-order valence-electron chi connectivity index (χ4n) is 0.636. The zero-order chi connectivity index (χ0) is 9.40. The smallest absolute Gasteiger partial charge is 0.0148 e. The highest BCUT2D eigenvalue weighted by Crippen LogP contribution is 2.05. The molecule has 3 heteroatoms. The third kappa shape index (κ3) is 4.58. The lowest BCUT2D eigenvalue weighted by Gasteiger charge is -1.93. The second-order valence-corrected chi connectivity index (χ2v) is 2.57. The summed E-state index contributed by atoms with van der Waals surface area (Å²) >= 11 is 0. The number of nitrogens with zero attached hydrogens (tertiary/aromatic N) is 3. The molecule has 12 heavy (non-hydrogen) atoms. The van der Waals surface area contributed by atoms with E-state index in [1.54, 1.807) is 0 Å². The highest BCUT2D eigenvalue weighted by atomic mass is 15.1. The molecule has 0 heterocycles. The van der Waals surface area contributed by atoms with Crippen molar-refractivity contribution in [1.82, 2.24) is 0 Å². The first-order valence-electron chi connectivity index (χ1n) is 4.16. The Bertz CT molecular complexity index is 232. The summed E-state index contributed by atoms with van der Waals surface area (Å²) in [7, 11) is 0. The van der Waals surface area contributed by atoms with Crippen molar-refractivity contribution in [3.63, 3.8) is 0 Å². The van der Waals surface area contributed by atoms with E-state index in [1.807, 2.05) is 19.1 Å². The summed E-state index contributed by atoms with van der Waals surface area (Å²) in [6, 6.07) is 0. The van der Waals surface area contributed by atoms with Gasteiger partial charge in [-0.2, -0.15) is 0 Å². The molecule has 66 valence electrons. The van der Waals surface area contributed by atoms with Crippen LogP contribution in [0, 0.1) is 0 Å². The fraction of sp³-hybridized carbons (Fsp3) is 0.556. The first-order chi connectivity index (χ1) is 5.74. The molecular weight excluding hydrogens is 150 g/mol. The summed E-state index contributed by atoms with van der Waals surface area (Å²) in [4.78, 5) is 2.74. The van der Waals surface area contributed by atoms with Gasteiger partial charge in [-0.15, -0.1) is 0 Å². The molecule has 0 aromatic rings. The van der Waals surface area contributed by atoms with Crippen LogP contribution in [0.15, 0.2) is 28.5 Å². The molecule has 0 aromatic heterocycles. The second kappa shape index (κ2) is 6.50. The Labute approximate surface area is 73.4 Å². The van der Waals surface area contributed by atoms with Crippen LogP contribution in [-0.2, 0) is 0 Å². The summed E-state index contributed by atoms with van der Waals surface area (Å²) in [5.41, 5.74) is 10.3. The van der Waals surface area contributed by atoms with Gasteiger partial charge in [-0.25, -0.2) is 0 Å². The molecule has 0 bridgehead atoms. The Morgan fingerprint density at radius 2 is 2.00 bits per heavy atom. The number of rotatable bonds is 4. The summed E-state index contributed by atoms with van der Waals surface area (Å²) in [5, 5.41) is 3.55. The van der Waals surface area contributed by atoms with Crippen LogP contribution < -0.4 is 0 Å². The lowest BCUT2D eigenvalue weighted by Crippen LogP contribution is -1.73. The Morgan fingerprint density at radius 1 is 1.33 bits per heavy atom. The first-order valence-corrected chi connectivity index (χ1v) is 4.16. The maximum Gasteiger partial charge on any atom is 0.0148 e. The number of hydrogen-bond donors (Lipinski definition) is 0. The Kier molecular flexibility index (Phi) is 5.84. The molecule has 0 aliphatic carbocycles. The van der Waals surface area contributed by atoms with E-state index in [0.717, 1.165) is 18.5 Å². The molecule has 0 radical (unpaired) electrons. The van der Waals surface area contributed by atoms with E-state index in [1.165, 1.54) is 5.57 Å². The SMILES string of the molecule is CC/C(C)=C/C=C(\CC)N=[N+]=[N-]. The molecule has 0 saturated carbocycles. The molecule has 0 saturated heterocycles. The van der Waals surface area contributed by atoms with Gasteiger partial charge < -0.3 is 0 Å². The van der Waals surface area contributed by atoms with E-state index in [0.29, 0.717) is 0 Å². The Hall–Kier alpha value is -1.21. The Balaban J connectivity index is 4.39. The van der Waals surface area contributed by atoms with Crippen molar-refractivity contribution in [2.75, 3.05) is 0 Å². The van der Waals surface area contributed by atoms with E-state index in [2.05, 4.69) is 23.9 Å². The molecule has 0 atom stereocenters. The minimum Gasteiger partial charge on any atom is -0.0736 e. The minimum absolute atomic E-state index is 0.775. The minimum atomic E-state index is 0.775.